The van der Waals surface area contributed by atoms with Crippen LogP contribution in [-0.2, 0) is 10.0 Å². The highest BCUT2D eigenvalue weighted by Gasteiger charge is 2.32. The number of aliphatic hydroxyl groups excluding tert-OH is 1. The molecule has 0 spiro atoms. The van der Waals surface area contributed by atoms with Gasteiger partial charge in [-0.1, -0.05) is 6.07 Å². The van der Waals surface area contributed by atoms with Gasteiger partial charge in [-0.3, -0.25) is 0 Å². The van der Waals surface area contributed by atoms with Crippen LogP contribution in [0, 0.1) is 12.8 Å². The summed E-state index contributed by atoms with van der Waals surface area (Å²) >= 11 is 0. The topological polar surface area (TPSA) is 94.9 Å². The number of aliphatic hydroxyl groups is 1. The third kappa shape index (κ3) is 3.25. The predicted molar refractivity (Wildman–Crippen MR) is 76.7 cm³/mol. The fourth-order valence-corrected chi connectivity index (χ4v) is 4.13. The van der Waals surface area contributed by atoms with Crippen molar-refractivity contribution in [2.75, 3.05) is 19.7 Å². The molecule has 1 aliphatic heterocycles. The van der Waals surface area contributed by atoms with Gasteiger partial charge < -0.3 is 10.2 Å². The zero-order chi connectivity index (χ0) is 15.6. The van der Waals surface area contributed by atoms with Gasteiger partial charge in [0.1, 0.15) is 0 Å². The largest absolute Gasteiger partial charge is 0.478 e. The molecule has 0 aromatic heterocycles. The summed E-state index contributed by atoms with van der Waals surface area (Å²) in [4.78, 5) is 11.1. The van der Waals surface area contributed by atoms with Crippen molar-refractivity contribution in [2.45, 2.75) is 24.7 Å². The van der Waals surface area contributed by atoms with Gasteiger partial charge in [0.15, 0.2) is 0 Å². The van der Waals surface area contributed by atoms with Crippen LogP contribution in [0.5, 0.6) is 0 Å². The predicted octanol–water partition coefficient (Wildman–Crippen LogP) is 1.09. The Kier molecular flexibility index (Phi) is 4.65. The van der Waals surface area contributed by atoms with E-state index < -0.39 is 16.0 Å². The number of hydrogen-bond acceptors (Lipinski definition) is 4. The van der Waals surface area contributed by atoms with E-state index in [-0.39, 0.29) is 23.0 Å². The van der Waals surface area contributed by atoms with E-state index in [0.29, 0.717) is 25.1 Å². The van der Waals surface area contributed by atoms with Crippen molar-refractivity contribution in [1.29, 1.82) is 0 Å². The van der Waals surface area contributed by atoms with E-state index in [9.17, 15) is 13.2 Å². The van der Waals surface area contributed by atoms with Crippen molar-refractivity contribution in [3.8, 4) is 0 Å². The van der Waals surface area contributed by atoms with Gasteiger partial charge in [-0.25, -0.2) is 13.2 Å². The maximum absolute atomic E-state index is 12.5. The summed E-state index contributed by atoms with van der Waals surface area (Å²) in [6, 6.07) is 4.17. The maximum atomic E-state index is 12.5. The molecule has 1 aromatic carbocycles. The van der Waals surface area contributed by atoms with E-state index in [1.165, 1.54) is 22.5 Å². The van der Waals surface area contributed by atoms with E-state index >= 15 is 0 Å². The molecule has 116 valence electrons. The molecule has 2 N–H and O–H groups in total. The van der Waals surface area contributed by atoms with Crippen LogP contribution in [0.3, 0.4) is 0 Å². The quantitative estimate of drug-likeness (QED) is 0.848. The SMILES string of the molecule is Cc1ccc(S(=O)(=O)N2CCC(CCO)C2)cc1C(=O)O. The van der Waals surface area contributed by atoms with Crippen LogP contribution in [0.15, 0.2) is 23.1 Å². The van der Waals surface area contributed by atoms with Crippen LogP contribution in [0.1, 0.15) is 28.8 Å². The van der Waals surface area contributed by atoms with E-state index in [1.54, 1.807) is 6.92 Å². The number of carboxylic acids is 1. The normalized spacial score (nSPS) is 19.8. The van der Waals surface area contributed by atoms with Crippen molar-refractivity contribution < 1.29 is 23.4 Å². The third-order valence-corrected chi connectivity index (χ3v) is 5.72. The standard InChI is InChI=1S/C14H19NO5S/c1-10-2-3-12(8-13(10)14(17)18)21(19,20)15-6-4-11(9-15)5-7-16/h2-3,8,11,16H,4-7,9H2,1H3,(H,17,18). The number of hydrogen-bond donors (Lipinski definition) is 2. The van der Waals surface area contributed by atoms with Crippen molar-refractivity contribution in [3.05, 3.63) is 29.3 Å². The number of carbonyl (C=O) groups is 1. The molecule has 0 amide bonds. The Morgan fingerprint density at radius 3 is 2.76 bits per heavy atom. The van der Waals surface area contributed by atoms with Crippen LogP contribution in [0.2, 0.25) is 0 Å². The molecule has 1 atom stereocenters. The van der Waals surface area contributed by atoms with Gasteiger partial charge in [0.2, 0.25) is 10.0 Å². The van der Waals surface area contributed by atoms with Crippen LogP contribution >= 0.6 is 0 Å². The lowest BCUT2D eigenvalue weighted by molar-refractivity contribution is 0.0696. The summed E-state index contributed by atoms with van der Waals surface area (Å²) in [5, 5.41) is 18.0. The first kappa shape index (κ1) is 15.9. The van der Waals surface area contributed by atoms with E-state index in [0.717, 1.165) is 6.42 Å². The number of sulfonamides is 1. The number of carboxylic acid groups (broad SMARTS) is 1. The highest BCUT2D eigenvalue weighted by molar-refractivity contribution is 7.89. The second-order valence-electron chi connectivity index (χ2n) is 5.31. The number of aryl methyl sites for hydroxylation is 1. The third-order valence-electron chi connectivity index (χ3n) is 3.86. The molecule has 1 fully saturated rings. The Hall–Kier alpha value is -1.44. The van der Waals surface area contributed by atoms with Gasteiger partial charge in [-0.05, 0) is 43.4 Å². The first-order valence-electron chi connectivity index (χ1n) is 6.81. The minimum Gasteiger partial charge on any atom is -0.478 e. The van der Waals surface area contributed by atoms with Gasteiger partial charge in [-0.15, -0.1) is 0 Å². The Morgan fingerprint density at radius 1 is 1.43 bits per heavy atom. The summed E-state index contributed by atoms with van der Waals surface area (Å²) < 4.78 is 26.4. The average Bonchev–Trinajstić information content (AvgIpc) is 2.88. The van der Waals surface area contributed by atoms with Crippen LogP contribution in [0.25, 0.3) is 0 Å². The molecule has 1 aliphatic rings. The maximum Gasteiger partial charge on any atom is 0.335 e. The molecular weight excluding hydrogens is 294 g/mol. The Labute approximate surface area is 124 Å². The first-order valence-corrected chi connectivity index (χ1v) is 8.25. The number of benzene rings is 1. The van der Waals surface area contributed by atoms with Crippen LogP contribution < -0.4 is 0 Å². The number of aromatic carboxylic acids is 1. The lowest BCUT2D eigenvalue weighted by Crippen LogP contribution is -2.29. The molecule has 0 radical (unpaired) electrons. The Bertz CT molecular complexity index is 641. The zero-order valence-corrected chi connectivity index (χ0v) is 12.6. The lowest BCUT2D eigenvalue weighted by Gasteiger charge is -2.17. The fraction of sp³-hybridized carbons (Fsp3) is 0.500. The zero-order valence-electron chi connectivity index (χ0n) is 11.8. The molecule has 2 rings (SSSR count). The molecule has 0 saturated carbocycles. The van der Waals surface area contributed by atoms with Gasteiger partial charge in [0.05, 0.1) is 10.5 Å². The molecule has 1 saturated heterocycles. The molecule has 1 aromatic rings. The van der Waals surface area contributed by atoms with Crippen molar-refractivity contribution in [1.82, 2.24) is 4.31 Å². The summed E-state index contributed by atoms with van der Waals surface area (Å²) in [6.45, 7) is 2.46. The van der Waals surface area contributed by atoms with E-state index in [1.807, 2.05) is 0 Å². The Morgan fingerprint density at radius 2 is 2.14 bits per heavy atom. The molecule has 7 heteroatoms. The average molecular weight is 313 g/mol. The highest BCUT2D eigenvalue weighted by Crippen LogP contribution is 2.27. The number of nitrogens with zero attached hydrogens (tertiary/aromatic N) is 1. The van der Waals surface area contributed by atoms with Crippen molar-refractivity contribution in [3.63, 3.8) is 0 Å². The van der Waals surface area contributed by atoms with Gasteiger partial charge in [-0.2, -0.15) is 4.31 Å². The summed E-state index contributed by atoms with van der Waals surface area (Å²) in [7, 11) is -3.67. The van der Waals surface area contributed by atoms with E-state index in [2.05, 4.69) is 0 Å². The fourth-order valence-electron chi connectivity index (χ4n) is 2.57. The molecule has 0 aliphatic carbocycles. The minimum absolute atomic E-state index is 0.00202. The molecular formula is C14H19NO5S. The highest BCUT2D eigenvalue weighted by atomic mass is 32.2. The molecule has 21 heavy (non-hydrogen) atoms. The molecule has 0 bridgehead atoms. The number of rotatable bonds is 5. The lowest BCUT2D eigenvalue weighted by atomic mass is 10.1. The first-order chi connectivity index (χ1) is 9.86. The van der Waals surface area contributed by atoms with Crippen LogP contribution in [0.4, 0.5) is 0 Å². The van der Waals surface area contributed by atoms with Crippen LogP contribution in [-0.4, -0.2) is 48.6 Å². The Balaban J connectivity index is 2.28. The van der Waals surface area contributed by atoms with Crippen molar-refractivity contribution in [2.24, 2.45) is 5.92 Å². The second kappa shape index (κ2) is 6.13. The molecule has 1 heterocycles. The second-order valence-corrected chi connectivity index (χ2v) is 7.25. The summed E-state index contributed by atoms with van der Waals surface area (Å²) in [5.74, 6) is -0.974. The smallest absolute Gasteiger partial charge is 0.335 e. The van der Waals surface area contributed by atoms with Gasteiger partial charge in [0.25, 0.3) is 0 Å². The van der Waals surface area contributed by atoms with E-state index in [4.69, 9.17) is 10.2 Å². The monoisotopic (exact) mass is 313 g/mol. The minimum atomic E-state index is -3.67. The van der Waals surface area contributed by atoms with Gasteiger partial charge >= 0.3 is 5.97 Å². The summed E-state index contributed by atoms with van der Waals surface area (Å²) in [5.41, 5.74) is 0.531. The molecule has 1 unspecified atom stereocenters. The molecule has 6 nitrogen and oxygen atoms in total. The summed E-state index contributed by atoms with van der Waals surface area (Å²) in [6.07, 6.45) is 1.30. The van der Waals surface area contributed by atoms with Crippen molar-refractivity contribution >= 4 is 16.0 Å². The van der Waals surface area contributed by atoms with Gasteiger partial charge in [0, 0.05) is 19.7 Å².